The summed E-state index contributed by atoms with van der Waals surface area (Å²) in [7, 11) is 1.59. The standard InChI is InChI=1S/C15H20N2O3/c1-4-10(2)17-14(18)9-13(15(17)19)16-11-6-5-7-12(8-11)20-3/h5-8,10,13,16H,4,9H2,1-3H3. The van der Waals surface area contributed by atoms with Gasteiger partial charge in [0, 0.05) is 17.8 Å². The molecular formula is C15H20N2O3. The summed E-state index contributed by atoms with van der Waals surface area (Å²) in [5, 5.41) is 3.11. The van der Waals surface area contributed by atoms with Crippen molar-refractivity contribution in [2.45, 2.75) is 38.8 Å². The van der Waals surface area contributed by atoms with Crippen LogP contribution in [0.2, 0.25) is 0 Å². The number of amides is 2. The fourth-order valence-electron chi connectivity index (χ4n) is 2.32. The van der Waals surface area contributed by atoms with Crippen LogP contribution in [0.25, 0.3) is 0 Å². The van der Waals surface area contributed by atoms with Gasteiger partial charge in [0.25, 0.3) is 5.91 Å². The number of likely N-dealkylation sites (tertiary alicyclic amines) is 1. The van der Waals surface area contributed by atoms with Gasteiger partial charge >= 0.3 is 0 Å². The molecule has 5 nitrogen and oxygen atoms in total. The van der Waals surface area contributed by atoms with E-state index in [1.165, 1.54) is 4.90 Å². The molecule has 1 aliphatic heterocycles. The number of methoxy groups -OCH3 is 1. The summed E-state index contributed by atoms with van der Waals surface area (Å²) in [6.45, 7) is 3.86. The molecule has 0 radical (unpaired) electrons. The zero-order chi connectivity index (χ0) is 14.7. The lowest BCUT2D eigenvalue weighted by Gasteiger charge is -2.21. The molecule has 2 atom stereocenters. The van der Waals surface area contributed by atoms with E-state index < -0.39 is 6.04 Å². The number of ether oxygens (including phenoxy) is 1. The van der Waals surface area contributed by atoms with Crippen molar-refractivity contribution in [2.24, 2.45) is 0 Å². The maximum absolute atomic E-state index is 12.3. The van der Waals surface area contributed by atoms with Gasteiger partial charge in [0.05, 0.1) is 13.5 Å². The van der Waals surface area contributed by atoms with Crippen LogP contribution >= 0.6 is 0 Å². The third kappa shape index (κ3) is 2.76. The van der Waals surface area contributed by atoms with Gasteiger partial charge in [-0.05, 0) is 25.5 Å². The van der Waals surface area contributed by atoms with Gasteiger partial charge in [0.2, 0.25) is 5.91 Å². The van der Waals surface area contributed by atoms with E-state index >= 15 is 0 Å². The van der Waals surface area contributed by atoms with Crippen LogP contribution < -0.4 is 10.1 Å². The zero-order valence-electron chi connectivity index (χ0n) is 12.1. The van der Waals surface area contributed by atoms with Crippen molar-refractivity contribution in [3.8, 4) is 5.75 Å². The monoisotopic (exact) mass is 276 g/mol. The van der Waals surface area contributed by atoms with E-state index in [0.29, 0.717) is 5.75 Å². The molecule has 108 valence electrons. The number of carbonyl (C=O) groups excluding carboxylic acids is 2. The van der Waals surface area contributed by atoms with E-state index in [1.807, 2.05) is 38.1 Å². The molecule has 2 rings (SSSR count). The van der Waals surface area contributed by atoms with Gasteiger partial charge in [-0.1, -0.05) is 13.0 Å². The molecule has 2 amide bonds. The molecule has 0 saturated carbocycles. The molecule has 1 fully saturated rings. The SMILES string of the molecule is CCC(C)N1C(=O)CC(Nc2cccc(OC)c2)C1=O. The molecule has 0 aromatic heterocycles. The van der Waals surface area contributed by atoms with Crippen molar-refractivity contribution in [2.75, 3.05) is 12.4 Å². The minimum atomic E-state index is -0.483. The number of hydrogen-bond donors (Lipinski definition) is 1. The second-order valence-corrected chi connectivity index (χ2v) is 4.99. The number of rotatable bonds is 5. The highest BCUT2D eigenvalue weighted by atomic mass is 16.5. The number of imide groups is 1. The molecule has 0 spiro atoms. The first-order valence-corrected chi connectivity index (χ1v) is 6.83. The average Bonchev–Trinajstić information content (AvgIpc) is 2.73. The molecular weight excluding hydrogens is 256 g/mol. The number of hydrogen-bond acceptors (Lipinski definition) is 4. The summed E-state index contributed by atoms with van der Waals surface area (Å²) < 4.78 is 5.14. The Hall–Kier alpha value is -2.04. The maximum Gasteiger partial charge on any atom is 0.252 e. The Kier molecular flexibility index (Phi) is 4.27. The van der Waals surface area contributed by atoms with Crippen molar-refractivity contribution in [1.82, 2.24) is 4.90 Å². The summed E-state index contributed by atoms with van der Waals surface area (Å²) in [6, 6.07) is 6.80. The molecule has 1 aromatic rings. The first-order chi connectivity index (χ1) is 9.56. The Morgan fingerprint density at radius 2 is 2.20 bits per heavy atom. The number of anilines is 1. The summed E-state index contributed by atoms with van der Waals surface area (Å²) in [4.78, 5) is 25.6. The summed E-state index contributed by atoms with van der Waals surface area (Å²) in [6.07, 6.45) is 0.976. The molecule has 2 unspecified atom stereocenters. The highest BCUT2D eigenvalue weighted by Crippen LogP contribution is 2.23. The van der Waals surface area contributed by atoms with E-state index in [1.54, 1.807) is 7.11 Å². The lowest BCUT2D eigenvalue weighted by molar-refractivity contribution is -0.140. The van der Waals surface area contributed by atoms with E-state index in [9.17, 15) is 9.59 Å². The highest BCUT2D eigenvalue weighted by molar-refractivity contribution is 6.07. The molecule has 1 N–H and O–H groups in total. The van der Waals surface area contributed by atoms with Crippen molar-refractivity contribution in [1.29, 1.82) is 0 Å². The first-order valence-electron chi connectivity index (χ1n) is 6.83. The highest BCUT2D eigenvalue weighted by Gasteiger charge is 2.40. The number of nitrogens with one attached hydrogen (secondary N) is 1. The molecule has 0 bridgehead atoms. The summed E-state index contributed by atoms with van der Waals surface area (Å²) in [5.41, 5.74) is 0.779. The van der Waals surface area contributed by atoms with Crippen LogP contribution in [-0.2, 0) is 9.59 Å². The molecule has 1 aromatic carbocycles. The predicted molar refractivity (Wildman–Crippen MR) is 76.6 cm³/mol. The Labute approximate surface area is 118 Å². The largest absolute Gasteiger partial charge is 0.497 e. The van der Waals surface area contributed by atoms with Gasteiger partial charge < -0.3 is 10.1 Å². The minimum Gasteiger partial charge on any atom is -0.497 e. The zero-order valence-corrected chi connectivity index (χ0v) is 12.1. The third-order valence-corrected chi connectivity index (χ3v) is 3.63. The Morgan fingerprint density at radius 3 is 2.85 bits per heavy atom. The van der Waals surface area contributed by atoms with Gasteiger partial charge in [-0.2, -0.15) is 0 Å². The van der Waals surface area contributed by atoms with Crippen LogP contribution in [0, 0.1) is 0 Å². The van der Waals surface area contributed by atoms with Crippen LogP contribution in [0.5, 0.6) is 5.75 Å². The molecule has 5 heteroatoms. The normalized spacial score (nSPS) is 20.1. The fraction of sp³-hybridized carbons (Fsp3) is 0.467. The Morgan fingerprint density at radius 1 is 1.45 bits per heavy atom. The second-order valence-electron chi connectivity index (χ2n) is 4.99. The van der Waals surface area contributed by atoms with E-state index in [-0.39, 0.29) is 24.3 Å². The quantitative estimate of drug-likeness (QED) is 0.836. The van der Waals surface area contributed by atoms with E-state index in [4.69, 9.17) is 4.74 Å². The lowest BCUT2D eigenvalue weighted by atomic mass is 10.2. The molecule has 1 aliphatic rings. The third-order valence-electron chi connectivity index (χ3n) is 3.63. The van der Waals surface area contributed by atoms with Crippen LogP contribution in [-0.4, -0.2) is 35.9 Å². The van der Waals surface area contributed by atoms with E-state index in [0.717, 1.165) is 12.1 Å². The van der Waals surface area contributed by atoms with Gasteiger partial charge in [0.1, 0.15) is 11.8 Å². The fourth-order valence-corrected chi connectivity index (χ4v) is 2.32. The smallest absolute Gasteiger partial charge is 0.252 e. The van der Waals surface area contributed by atoms with Crippen LogP contribution in [0.4, 0.5) is 5.69 Å². The Balaban J connectivity index is 2.11. The van der Waals surface area contributed by atoms with Crippen LogP contribution in [0.3, 0.4) is 0 Å². The minimum absolute atomic E-state index is 0.0490. The van der Waals surface area contributed by atoms with Gasteiger partial charge in [-0.25, -0.2) is 0 Å². The number of carbonyl (C=O) groups is 2. The van der Waals surface area contributed by atoms with Crippen LogP contribution in [0.15, 0.2) is 24.3 Å². The van der Waals surface area contributed by atoms with Gasteiger partial charge in [0.15, 0.2) is 0 Å². The first kappa shape index (κ1) is 14.4. The maximum atomic E-state index is 12.3. The second kappa shape index (κ2) is 5.94. The number of benzene rings is 1. The van der Waals surface area contributed by atoms with Crippen LogP contribution in [0.1, 0.15) is 26.7 Å². The molecule has 1 saturated heterocycles. The van der Waals surface area contributed by atoms with E-state index in [2.05, 4.69) is 5.32 Å². The van der Waals surface area contributed by atoms with Crippen molar-refractivity contribution in [3.05, 3.63) is 24.3 Å². The van der Waals surface area contributed by atoms with Gasteiger partial charge in [-0.3, -0.25) is 14.5 Å². The number of nitrogens with zero attached hydrogens (tertiary/aromatic N) is 1. The Bertz CT molecular complexity index is 516. The van der Waals surface area contributed by atoms with Gasteiger partial charge in [-0.15, -0.1) is 0 Å². The van der Waals surface area contributed by atoms with Crippen molar-refractivity contribution < 1.29 is 14.3 Å². The average molecular weight is 276 g/mol. The molecule has 0 aliphatic carbocycles. The molecule has 20 heavy (non-hydrogen) atoms. The van der Waals surface area contributed by atoms with Crippen molar-refractivity contribution in [3.63, 3.8) is 0 Å². The van der Waals surface area contributed by atoms with Crippen molar-refractivity contribution >= 4 is 17.5 Å². The summed E-state index contributed by atoms with van der Waals surface area (Å²) >= 11 is 0. The summed E-state index contributed by atoms with van der Waals surface area (Å²) in [5.74, 6) is 0.461. The molecule has 1 heterocycles. The predicted octanol–water partition coefficient (Wildman–Crippen LogP) is 2.03. The topological polar surface area (TPSA) is 58.6 Å². The lowest BCUT2D eigenvalue weighted by Crippen LogP contribution is -2.40.